The molecular weight excluding hydrogens is 400 g/mol. The van der Waals surface area contributed by atoms with Crippen molar-refractivity contribution in [2.24, 2.45) is 0 Å². The number of rotatable bonds is 9. The van der Waals surface area contributed by atoms with Crippen molar-refractivity contribution < 1.29 is 17.9 Å². The molecule has 0 aromatic heterocycles. The predicted octanol–water partition coefficient (Wildman–Crippen LogP) is 8.39. The zero-order valence-electron chi connectivity index (χ0n) is 21.0. The van der Waals surface area contributed by atoms with Crippen LogP contribution < -0.4 is 5.19 Å². The average molecular weight is 446 g/mol. The van der Waals surface area contributed by atoms with E-state index in [4.69, 9.17) is 0 Å². The van der Waals surface area contributed by atoms with E-state index in [0.717, 1.165) is 12.8 Å². The van der Waals surface area contributed by atoms with E-state index in [9.17, 15) is 0 Å². The van der Waals surface area contributed by atoms with Gasteiger partial charge in [0.05, 0.1) is 0 Å². The second kappa shape index (κ2) is 9.84. The Balaban J connectivity index is 2.94. The molecule has 1 aromatic rings. The van der Waals surface area contributed by atoms with Crippen LogP contribution in [0.5, 0.6) is 0 Å². The van der Waals surface area contributed by atoms with Gasteiger partial charge in [0.15, 0.2) is 0 Å². The molecule has 0 amide bonds. The molecule has 0 saturated heterocycles. The van der Waals surface area contributed by atoms with E-state index in [1.165, 1.54) is 24.9 Å². The predicted molar refractivity (Wildman–Crippen MR) is 132 cm³/mol. The number of allylic oxidation sites excluding steroid dienone is 4. The molecule has 2 rings (SSSR count). The molecule has 161 valence electrons. The minimum atomic E-state index is -1.80. The normalized spacial score (nSPS) is 20.1. The maximum atomic E-state index is 2.69. The van der Waals surface area contributed by atoms with Crippen LogP contribution in [0.25, 0.3) is 0 Å². The first-order valence-electron chi connectivity index (χ1n) is 12.0. The van der Waals surface area contributed by atoms with Gasteiger partial charge in [-0.25, -0.2) is 0 Å². The van der Waals surface area contributed by atoms with Crippen molar-refractivity contribution in [2.75, 3.05) is 0 Å². The molecule has 0 aliphatic heterocycles. The van der Waals surface area contributed by atoms with Crippen LogP contribution in [0.1, 0.15) is 79.4 Å². The van der Waals surface area contributed by atoms with Gasteiger partial charge in [-0.05, 0) is 0 Å². The van der Waals surface area contributed by atoms with Gasteiger partial charge in [-0.15, -0.1) is 0 Å². The molecular formula is C27H45SiTi. The van der Waals surface area contributed by atoms with Crippen molar-refractivity contribution in [1.82, 2.24) is 0 Å². The summed E-state index contributed by atoms with van der Waals surface area (Å²) in [6, 6.07) is 10.6. The van der Waals surface area contributed by atoms with Gasteiger partial charge in [0.25, 0.3) is 0 Å². The van der Waals surface area contributed by atoms with Crippen LogP contribution in [-0.4, -0.2) is 8.07 Å². The van der Waals surface area contributed by atoms with Crippen LogP contribution in [0, 0.1) is 0 Å². The summed E-state index contributed by atoms with van der Waals surface area (Å²) in [7, 11) is -1.80. The Hall–Kier alpha value is -0.369. The quantitative estimate of drug-likeness (QED) is 0.335. The van der Waals surface area contributed by atoms with E-state index < -0.39 is 25.9 Å². The molecule has 0 saturated carbocycles. The standard InChI is InChI=1S/C25H39Si.2CH3.Ti/c1-9-13-26(14-10-2,25(8)18-19(5)20(6)21(25)7)24-16-22(11-3)15-23(12-4)17-24;;;/h15-17H,9-14H2,1-8H3;2*1H3;. The fraction of sp³-hybridized carbons (Fsp3) is 0.630. The molecule has 0 fully saturated rings. The van der Waals surface area contributed by atoms with E-state index in [2.05, 4.69) is 84.0 Å². The Morgan fingerprint density at radius 3 is 1.66 bits per heavy atom. The summed E-state index contributed by atoms with van der Waals surface area (Å²) in [5.41, 5.74) is 8.09. The summed E-state index contributed by atoms with van der Waals surface area (Å²) in [5, 5.41) is 7.27. The zero-order valence-corrected chi connectivity index (χ0v) is 23.5. The fourth-order valence-corrected chi connectivity index (χ4v) is 18.5. The molecule has 0 spiro atoms. The van der Waals surface area contributed by atoms with Crippen molar-refractivity contribution in [1.29, 1.82) is 0 Å². The van der Waals surface area contributed by atoms with Gasteiger partial charge in [-0.2, -0.15) is 0 Å². The minimum absolute atomic E-state index is 0.309. The fourth-order valence-electron chi connectivity index (χ4n) is 6.38. The first-order valence-corrected chi connectivity index (χ1v) is 18.3. The third-order valence-electron chi connectivity index (χ3n) is 7.98. The molecule has 0 nitrogen and oxygen atoms in total. The Morgan fingerprint density at radius 1 is 0.793 bits per heavy atom. The van der Waals surface area contributed by atoms with E-state index >= 15 is 0 Å². The van der Waals surface area contributed by atoms with E-state index in [1.807, 2.05) is 3.88 Å². The molecule has 1 unspecified atom stereocenters. The van der Waals surface area contributed by atoms with Crippen molar-refractivity contribution in [3.63, 3.8) is 0 Å². The first-order chi connectivity index (χ1) is 13.6. The number of aryl methyl sites for hydroxylation is 2. The molecule has 1 aliphatic carbocycles. The topological polar surface area (TPSA) is 0 Å². The van der Waals surface area contributed by atoms with Crippen LogP contribution in [0.4, 0.5) is 0 Å². The van der Waals surface area contributed by atoms with Crippen molar-refractivity contribution in [3.8, 4) is 0 Å². The van der Waals surface area contributed by atoms with Gasteiger partial charge >= 0.3 is 190 Å². The van der Waals surface area contributed by atoms with E-state index in [-0.39, 0.29) is 0 Å². The van der Waals surface area contributed by atoms with Gasteiger partial charge in [0.1, 0.15) is 0 Å². The molecule has 1 atom stereocenters. The molecule has 1 aromatic carbocycles. The van der Waals surface area contributed by atoms with Gasteiger partial charge in [0.2, 0.25) is 0 Å². The number of hydrogen-bond acceptors (Lipinski definition) is 0. The molecule has 0 radical (unpaired) electrons. The van der Waals surface area contributed by atoms with Gasteiger partial charge in [-0.3, -0.25) is 0 Å². The average Bonchev–Trinajstić information content (AvgIpc) is 2.88. The second-order valence-corrected chi connectivity index (χ2v) is 18.3. The van der Waals surface area contributed by atoms with E-state index in [0.29, 0.717) is 5.04 Å². The third-order valence-corrected chi connectivity index (χ3v) is 17.9. The van der Waals surface area contributed by atoms with Crippen LogP contribution in [0.2, 0.25) is 27.6 Å². The second-order valence-electron chi connectivity index (χ2n) is 9.70. The van der Waals surface area contributed by atoms with Crippen LogP contribution >= 0.6 is 0 Å². The first kappa shape index (κ1) is 24.9. The van der Waals surface area contributed by atoms with Crippen molar-refractivity contribution in [3.05, 3.63) is 49.9 Å². The van der Waals surface area contributed by atoms with E-state index in [1.54, 1.807) is 33.0 Å². The van der Waals surface area contributed by atoms with Crippen LogP contribution in [-0.2, 0) is 30.7 Å². The molecule has 0 heterocycles. The Kier molecular flexibility index (Phi) is 8.45. The number of hydrogen-bond donors (Lipinski definition) is 0. The molecule has 1 aliphatic rings. The molecule has 29 heavy (non-hydrogen) atoms. The summed E-state index contributed by atoms with van der Waals surface area (Å²) in [6.45, 7) is 19.5. The summed E-state index contributed by atoms with van der Waals surface area (Å²) in [5.74, 6) is 0. The summed E-state index contributed by atoms with van der Waals surface area (Å²) in [6.07, 6.45) is 4.91. The summed E-state index contributed by atoms with van der Waals surface area (Å²) in [4.78, 5) is 0. The van der Waals surface area contributed by atoms with Gasteiger partial charge < -0.3 is 0 Å². The van der Waals surface area contributed by atoms with Gasteiger partial charge in [-0.1, -0.05) is 0 Å². The van der Waals surface area contributed by atoms with Crippen LogP contribution in [0.3, 0.4) is 0 Å². The molecule has 0 bridgehead atoms. The zero-order chi connectivity index (χ0) is 22.0. The molecule has 2 heteroatoms. The monoisotopic (exact) mass is 445 g/mol. The maximum absolute atomic E-state index is 2.69. The Morgan fingerprint density at radius 2 is 1.28 bits per heavy atom. The Bertz CT molecular complexity index is 771. The summed E-state index contributed by atoms with van der Waals surface area (Å²) >= 11 is -1.23. The van der Waals surface area contributed by atoms with Gasteiger partial charge in [0, 0.05) is 0 Å². The van der Waals surface area contributed by atoms with Crippen LogP contribution in [0.15, 0.2) is 38.8 Å². The van der Waals surface area contributed by atoms with Crippen molar-refractivity contribution in [2.45, 2.75) is 109 Å². The number of benzene rings is 1. The SMILES string of the molecule is CCC[Si](CCC)(c1cc(CC)cc(CC)c1)C1(C)C(C)=C(C)C(C)=[C]1[Ti]([CH3])[CH3]. The third kappa shape index (κ3) is 4.09. The Labute approximate surface area is 189 Å². The van der Waals surface area contributed by atoms with Crippen molar-refractivity contribution >= 4 is 13.3 Å². The summed E-state index contributed by atoms with van der Waals surface area (Å²) < 4.78 is 1.92. The molecule has 0 N–H and O–H groups in total.